The van der Waals surface area contributed by atoms with E-state index in [4.69, 9.17) is 23.0 Å². The molecule has 0 atom stereocenters. The molecule has 0 aliphatic carbocycles. The number of nitrogens with zero attached hydrogens (tertiary/aromatic N) is 5. The molecule has 572 valence electrons. The molecule has 1 N–H and O–H groups in total. The Hall–Kier alpha value is -14.1. The Kier molecular flexibility index (Phi) is 15.4. The number of hydrogen-bond donors (Lipinski definition) is 1. The smallest absolute Gasteiger partial charge is 0.260 e. The number of furan rings is 2. The second-order valence-electron chi connectivity index (χ2n) is 34.3. The van der Waals surface area contributed by atoms with Crippen LogP contribution in [0.5, 0.6) is 34.5 Å². The van der Waals surface area contributed by atoms with Gasteiger partial charge in [-0.3, -0.25) is 4.31 Å². The molecular weight excluding hydrogens is 1490 g/mol. The molecule has 2 aromatic heterocycles. The van der Waals surface area contributed by atoms with E-state index in [0.29, 0.717) is 11.5 Å². The van der Waals surface area contributed by atoms with Crippen molar-refractivity contribution < 1.29 is 23.0 Å². The number of benzene rings is 16. The summed E-state index contributed by atoms with van der Waals surface area (Å²) < 4.78 is 40.2. The molecule has 0 spiro atoms. The van der Waals surface area contributed by atoms with Crippen LogP contribution >= 0.6 is 11.9 Å². The predicted octanol–water partition coefficient (Wildman–Crippen LogP) is 22.9. The van der Waals surface area contributed by atoms with Crippen LogP contribution < -0.4 is 92.6 Å². The third kappa shape index (κ3) is 10.6. The zero-order valence-electron chi connectivity index (χ0n) is 67.2. The number of para-hydroxylation sites is 9. The van der Waals surface area contributed by atoms with Crippen LogP contribution in [-0.2, 0) is 10.8 Å². The van der Waals surface area contributed by atoms with Crippen LogP contribution in [0.4, 0.5) is 91.0 Å². The molecule has 0 amide bonds. The Labute approximate surface area is 701 Å². The molecule has 0 bridgehead atoms. The summed E-state index contributed by atoms with van der Waals surface area (Å²) in [5, 5.41) is 8.34. The number of ether oxygens (including phenoxy) is 3. The van der Waals surface area contributed by atoms with E-state index in [2.05, 4.69) is 411 Å². The van der Waals surface area contributed by atoms with Gasteiger partial charge in [0, 0.05) is 121 Å². The molecule has 0 saturated heterocycles. The molecule has 18 aromatic rings. The first kappa shape index (κ1) is 70.1. The lowest BCUT2D eigenvalue weighted by Crippen LogP contribution is -2.64. The highest BCUT2D eigenvalue weighted by atomic mass is 32.2. The van der Waals surface area contributed by atoms with Crippen molar-refractivity contribution in [3.05, 3.63) is 345 Å². The molecule has 11 nitrogen and oxygen atoms in total. The average Bonchev–Trinajstić information content (AvgIpc) is 1.14. The van der Waals surface area contributed by atoms with Gasteiger partial charge in [0.15, 0.2) is 0 Å². The van der Waals surface area contributed by atoms with Gasteiger partial charge < -0.3 is 48.0 Å². The van der Waals surface area contributed by atoms with Crippen molar-refractivity contribution in [3.8, 4) is 34.5 Å². The van der Waals surface area contributed by atoms with Gasteiger partial charge in [-0.2, -0.15) is 0 Å². The lowest BCUT2D eigenvalue weighted by molar-refractivity contribution is 0.465. The minimum Gasteiger partial charge on any atom is -0.458 e. The third-order valence-electron chi connectivity index (χ3n) is 25.2. The van der Waals surface area contributed by atoms with Crippen molar-refractivity contribution in [3.63, 3.8) is 0 Å². The van der Waals surface area contributed by atoms with Crippen LogP contribution in [0.3, 0.4) is 0 Å². The fraction of sp³-hybridized carbons (Fsp3) is 0.0857. The molecule has 6 aliphatic rings. The van der Waals surface area contributed by atoms with Crippen LogP contribution in [0, 0.1) is 0 Å². The fourth-order valence-corrected chi connectivity index (χ4v) is 20.9. The maximum Gasteiger partial charge on any atom is 0.260 e. The minimum absolute atomic E-state index is 0.204. The first-order valence-electron chi connectivity index (χ1n) is 41.3. The van der Waals surface area contributed by atoms with E-state index >= 15 is 0 Å². The van der Waals surface area contributed by atoms with Crippen LogP contribution in [0.25, 0.3) is 43.9 Å². The second-order valence-corrected chi connectivity index (χ2v) is 35.0. The van der Waals surface area contributed by atoms with Crippen molar-refractivity contribution >= 4 is 216 Å². The summed E-state index contributed by atoms with van der Waals surface area (Å²) in [6.45, 7) is 12.5. The van der Waals surface area contributed by atoms with E-state index < -0.39 is 6.71 Å². The molecule has 6 aliphatic heterocycles. The molecule has 0 saturated carbocycles. The van der Waals surface area contributed by atoms with Crippen molar-refractivity contribution in [2.45, 2.75) is 52.4 Å². The summed E-state index contributed by atoms with van der Waals surface area (Å²) >= 11 is 1.68. The molecule has 0 fully saturated rings. The topological polar surface area (TPSA) is 82.2 Å². The number of rotatable bonds is 11. The quantitative estimate of drug-likeness (QED) is 0.0989. The van der Waals surface area contributed by atoms with Crippen LogP contribution in [0.1, 0.15) is 52.7 Å². The summed E-state index contributed by atoms with van der Waals surface area (Å²) in [6.07, 6.45) is 2.18. The lowest BCUT2D eigenvalue weighted by Gasteiger charge is -2.43. The van der Waals surface area contributed by atoms with E-state index in [1.54, 1.807) is 11.9 Å². The highest BCUT2D eigenvalue weighted by Crippen LogP contribution is 2.54. The van der Waals surface area contributed by atoms with Crippen LogP contribution in [0.15, 0.2) is 342 Å². The van der Waals surface area contributed by atoms with Gasteiger partial charge >= 0.3 is 0 Å². The molecule has 120 heavy (non-hydrogen) atoms. The second kappa shape index (κ2) is 26.4. The van der Waals surface area contributed by atoms with Crippen molar-refractivity contribution in [2.75, 3.05) is 35.5 Å². The van der Waals surface area contributed by atoms with Gasteiger partial charge in [0.25, 0.3) is 20.1 Å². The summed E-state index contributed by atoms with van der Waals surface area (Å²) in [4.78, 5) is 9.54. The van der Waals surface area contributed by atoms with Gasteiger partial charge in [0.05, 0.1) is 44.9 Å². The third-order valence-corrected chi connectivity index (χ3v) is 26.0. The highest BCUT2D eigenvalue weighted by molar-refractivity contribution is 8.00. The highest BCUT2D eigenvalue weighted by Gasteiger charge is 2.50. The molecule has 16 aromatic carbocycles. The van der Waals surface area contributed by atoms with E-state index in [9.17, 15) is 0 Å². The lowest BCUT2D eigenvalue weighted by atomic mass is 9.30. The number of nitrogens with one attached hydrogen (secondary N) is 1. The minimum atomic E-state index is -0.422. The maximum atomic E-state index is 7.84. The zero-order valence-corrected chi connectivity index (χ0v) is 68.0. The van der Waals surface area contributed by atoms with Gasteiger partial charge in [-0.25, -0.2) is 0 Å². The van der Waals surface area contributed by atoms with Crippen molar-refractivity contribution in [1.82, 2.24) is 0 Å². The molecular formula is C105H77B3N6O5S. The molecule has 15 heteroatoms. The predicted molar refractivity (Wildman–Crippen MR) is 502 cm³/mol. The van der Waals surface area contributed by atoms with E-state index in [1.807, 2.05) is 0 Å². The molecule has 0 radical (unpaired) electrons. The summed E-state index contributed by atoms with van der Waals surface area (Å²) in [5.74, 6) is 4.47. The van der Waals surface area contributed by atoms with Crippen molar-refractivity contribution in [1.29, 1.82) is 0 Å². The first-order valence-corrected chi connectivity index (χ1v) is 42.5. The summed E-state index contributed by atoms with van der Waals surface area (Å²) in [7, 11) is 0. The Morgan fingerprint density at radius 3 is 1.25 bits per heavy atom. The normalized spacial score (nSPS) is 13.5. The zero-order chi connectivity index (χ0) is 80.1. The van der Waals surface area contributed by atoms with Gasteiger partial charge in [0.2, 0.25) is 0 Å². The Morgan fingerprint density at radius 1 is 0.317 bits per heavy atom. The van der Waals surface area contributed by atoms with Crippen molar-refractivity contribution in [2.24, 2.45) is 0 Å². The number of anilines is 16. The molecule has 0 unspecified atom stereocenters. The van der Waals surface area contributed by atoms with E-state index in [0.717, 1.165) is 218 Å². The fourth-order valence-electron chi connectivity index (χ4n) is 20.2. The standard InChI is InChI=1S/C105H77B3N6O5S/c1-104(2,3)75-47-29-45-73-95-88(117-101(73)75)51-49-77-100(95)113(69-43-27-14-28-44-69)86-54-70(110(63-31-15-8-16-32-63)64-33-17-9-18-34-64)53-84-97(86)106(77)79-59-81-90(61-83(79)109-84)115-93-57-72(112(67-39-23-12-24-40-67)68-41-25-13-26-42-68)58-94-99(93)108(81)82-60-80-85(62-91(82)116-94)114(120-7)87-55-71(111(65-35-19-10-20-36-65)66-37-21-11-22-38-66)56-92-98(87)107(80)78-50-52-89-96(103(78)119-92)74-46-30-48-76(102(74)118-89)105(4,5)6/h8-62,109H,1-7H3. The Bertz CT molecular complexity index is 7170. The summed E-state index contributed by atoms with van der Waals surface area (Å²) in [6, 6.07) is 121. The van der Waals surface area contributed by atoms with Crippen LogP contribution in [0.2, 0.25) is 0 Å². The van der Waals surface area contributed by atoms with E-state index in [1.165, 1.54) is 0 Å². The van der Waals surface area contributed by atoms with Crippen LogP contribution in [-0.4, -0.2) is 26.4 Å². The number of fused-ring (bicyclic) bond motifs is 20. The Balaban J connectivity index is 0.772. The van der Waals surface area contributed by atoms with Gasteiger partial charge in [-0.05, 0) is 182 Å². The maximum absolute atomic E-state index is 7.84. The van der Waals surface area contributed by atoms with E-state index in [-0.39, 0.29) is 24.3 Å². The van der Waals surface area contributed by atoms with Gasteiger partial charge in [0.1, 0.15) is 56.8 Å². The first-order chi connectivity index (χ1) is 58.7. The number of hydrogen-bond acceptors (Lipinski definition) is 12. The SMILES string of the molecule is CSN1c2cc3c(cc2B2c4ccc5oc6c(C(C)(C)C)cccc6c5c4Oc4cc(N(c5ccccc5)c5ccccc5)cc1c42)B1c2cc4c(cc2Oc2cc(N(c5ccccc5)c5ccccc5)cc(c21)O3)Nc1cc(N(c2ccccc2)c2ccccc2)cc2c1B4c1ccc3oc4c(C(C)(C)C)cccc4c3c1N2c1ccccc1. The van der Waals surface area contributed by atoms with Gasteiger partial charge in [-0.15, -0.1) is 0 Å². The largest absolute Gasteiger partial charge is 0.458 e. The molecule has 24 rings (SSSR count). The Morgan fingerprint density at radius 2 is 0.742 bits per heavy atom. The monoisotopic (exact) mass is 1570 g/mol. The van der Waals surface area contributed by atoms with Gasteiger partial charge in [-0.1, -0.05) is 230 Å². The average molecular weight is 1570 g/mol. The summed E-state index contributed by atoms with van der Waals surface area (Å²) in [5.41, 5.74) is 31.0. The molecule has 8 heterocycles.